The van der Waals surface area contributed by atoms with Gasteiger partial charge in [0.15, 0.2) is 0 Å². The zero-order valence-corrected chi connectivity index (χ0v) is 18.4. The van der Waals surface area contributed by atoms with E-state index in [9.17, 15) is 24.0 Å². The Morgan fingerprint density at radius 3 is 2.66 bits per heavy atom. The first kappa shape index (κ1) is 23.2. The summed E-state index contributed by atoms with van der Waals surface area (Å²) in [5.41, 5.74) is 1.13. The number of hydrogen-bond acceptors (Lipinski definition) is 7. The maximum atomic E-state index is 12.8. The highest BCUT2D eigenvalue weighted by Crippen LogP contribution is 2.30. The fourth-order valence-corrected chi connectivity index (χ4v) is 3.65. The van der Waals surface area contributed by atoms with E-state index < -0.39 is 29.6 Å². The van der Waals surface area contributed by atoms with E-state index in [-0.39, 0.29) is 50.8 Å². The minimum absolute atomic E-state index is 0.0194. The topological polar surface area (TPSA) is 131 Å². The predicted molar refractivity (Wildman–Crippen MR) is 111 cm³/mol. The van der Waals surface area contributed by atoms with Gasteiger partial charge in [0.05, 0.1) is 13.0 Å². The first-order valence-corrected chi connectivity index (χ1v) is 10.4. The molecule has 3 rings (SSSR count). The van der Waals surface area contributed by atoms with E-state index in [2.05, 4.69) is 10.6 Å². The molecule has 1 aromatic carbocycles. The SMILES string of the molecule is CC(C)(C)OC(=O)NCCOC(=O)Cc1cccc2c1CN(C1CCC(=O)NC1=O)C2=O. The molecule has 1 aromatic rings. The van der Waals surface area contributed by atoms with Gasteiger partial charge in [-0.15, -0.1) is 0 Å². The van der Waals surface area contributed by atoms with Crippen LogP contribution in [0.3, 0.4) is 0 Å². The summed E-state index contributed by atoms with van der Waals surface area (Å²) in [7, 11) is 0. The van der Waals surface area contributed by atoms with E-state index >= 15 is 0 Å². The molecular formula is C22H27N3O7. The molecule has 32 heavy (non-hydrogen) atoms. The van der Waals surface area contributed by atoms with Crippen LogP contribution in [-0.2, 0) is 36.8 Å². The number of fused-ring (bicyclic) bond motifs is 1. The third-order valence-corrected chi connectivity index (χ3v) is 5.05. The lowest BCUT2D eigenvalue weighted by Crippen LogP contribution is -2.52. The van der Waals surface area contributed by atoms with Gasteiger partial charge in [-0.05, 0) is 44.4 Å². The van der Waals surface area contributed by atoms with E-state index in [0.717, 1.165) is 0 Å². The summed E-state index contributed by atoms with van der Waals surface area (Å²) >= 11 is 0. The number of carbonyl (C=O) groups excluding carboxylic acids is 5. The van der Waals surface area contributed by atoms with Crippen LogP contribution >= 0.6 is 0 Å². The van der Waals surface area contributed by atoms with Crippen LogP contribution in [-0.4, -0.2) is 59.5 Å². The van der Waals surface area contributed by atoms with E-state index in [1.54, 1.807) is 39.0 Å². The van der Waals surface area contributed by atoms with Crippen LogP contribution in [0, 0.1) is 0 Å². The van der Waals surface area contributed by atoms with Crippen LogP contribution in [0.4, 0.5) is 4.79 Å². The number of rotatable bonds is 6. The van der Waals surface area contributed by atoms with Gasteiger partial charge in [-0.1, -0.05) is 12.1 Å². The molecule has 0 aliphatic carbocycles. The lowest BCUT2D eigenvalue weighted by Gasteiger charge is -2.29. The van der Waals surface area contributed by atoms with Crippen LogP contribution < -0.4 is 10.6 Å². The van der Waals surface area contributed by atoms with Crippen LogP contribution in [0.2, 0.25) is 0 Å². The standard InChI is InChI=1S/C22H27N3O7/c1-22(2,3)32-21(30)23-9-10-31-18(27)11-13-5-4-6-14-15(13)12-25(20(14)29)16-7-8-17(26)24-19(16)28/h4-6,16H,7-12H2,1-3H3,(H,23,30)(H,24,26,28). The van der Waals surface area contributed by atoms with Gasteiger partial charge < -0.3 is 19.7 Å². The van der Waals surface area contributed by atoms with Crippen LogP contribution in [0.25, 0.3) is 0 Å². The van der Waals surface area contributed by atoms with Crippen molar-refractivity contribution < 1.29 is 33.4 Å². The molecule has 2 aliphatic heterocycles. The van der Waals surface area contributed by atoms with Crippen molar-refractivity contribution in [2.24, 2.45) is 0 Å². The molecule has 1 unspecified atom stereocenters. The number of esters is 1. The number of piperidine rings is 1. The maximum absolute atomic E-state index is 12.8. The summed E-state index contributed by atoms with van der Waals surface area (Å²) in [6, 6.07) is 4.35. The Kier molecular flexibility index (Phi) is 6.81. The summed E-state index contributed by atoms with van der Waals surface area (Å²) in [6.45, 7) is 5.51. The van der Waals surface area contributed by atoms with Crippen molar-refractivity contribution in [3.8, 4) is 0 Å². The monoisotopic (exact) mass is 445 g/mol. The summed E-state index contributed by atoms with van der Waals surface area (Å²) in [4.78, 5) is 61.7. The van der Waals surface area contributed by atoms with Crippen molar-refractivity contribution in [3.63, 3.8) is 0 Å². The quantitative estimate of drug-likeness (QED) is 0.380. The zero-order chi connectivity index (χ0) is 23.5. The minimum atomic E-state index is -0.716. The minimum Gasteiger partial charge on any atom is -0.464 e. The third kappa shape index (κ3) is 5.63. The van der Waals surface area contributed by atoms with Gasteiger partial charge in [-0.25, -0.2) is 4.79 Å². The van der Waals surface area contributed by atoms with E-state index in [1.807, 2.05) is 0 Å². The lowest BCUT2D eigenvalue weighted by molar-refractivity contribution is -0.143. The molecule has 172 valence electrons. The molecule has 0 spiro atoms. The van der Waals surface area contributed by atoms with E-state index in [1.165, 1.54) is 4.90 Å². The van der Waals surface area contributed by atoms with Crippen molar-refractivity contribution in [2.45, 2.75) is 58.2 Å². The van der Waals surface area contributed by atoms with Crippen molar-refractivity contribution in [2.75, 3.05) is 13.2 Å². The average Bonchev–Trinajstić information content (AvgIpc) is 3.02. The van der Waals surface area contributed by atoms with Gasteiger partial charge in [-0.2, -0.15) is 0 Å². The second-order valence-electron chi connectivity index (χ2n) is 8.67. The lowest BCUT2D eigenvalue weighted by atomic mass is 10.0. The van der Waals surface area contributed by atoms with Crippen LogP contribution in [0.1, 0.15) is 55.1 Å². The first-order chi connectivity index (χ1) is 15.0. The average molecular weight is 445 g/mol. The smallest absolute Gasteiger partial charge is 0.407 e. The predicted octanol–water partition coefficient (Wildman–Crippen LogP) is 1.06. The molecule has 2 N–H and O–H groups in total. The largest absolute Gasteiger partial charge is 0.464 e. The molecule has 2 aliphatic rings. The zero-order valence-electron chi connectivity index (χ0n) is 18.4. The second kappa shape index (κ2) is 9.37. The third-order valence-electron chi connectivity index (χ3n) is 5.05. The van der Waals surface area contributed by atoms with Gasteiger partial charge in [0.1, 0.15) is 18.2 Å². The Balaban J connectivity index is 1.55. The summed E-state index contributed by atoms with van der Waals surface area (Å²) < 4.78 is 10.3. The van der Waals surface area contributed by atoms with Crippen LogP contribution in [0.5, 0.6) is 0 Å². The summed E-state index contributed by atoms with van der Waals surface area (Å²) in [5, 5.41) is 4.77. The molecule has 2 heterocycles. The van der Waals surface area contributed by atoms with Gasteiger partial charge in [-0.3, -0.25) is 24.5 Å². The molecule has 10 nitrogen and oxygen atoms in total. The number of imide groups is 1. The second-order valence-corrected chi connectivity index (χ2v) is 8.67. The van der Waals surface area contributed by atoms with Crippen molar-refractivity contribution in [3.05, 3.63) is 34.9 Å². The molecule has 0 bridgehead atoms. The number of nitrogens with zero attached hydrogens (tertiary/aromatic N) is 1. The van der Waals surface area contributed by atoms with Gasteiger partial charge in [0, 0.05) is 18.5 Å². The molecule has 0 radical (unpaired) electrons. The Morgan fingerprint density at radius 2 is 1.97 bits per heavy atom. The molecule has 1 saturated heterocycles. The number of benzene rings is 1. The molecule has 4 amide bonds. The highest BCUT2D eigenvalue weighted by Gasteiger charge is 2.39. The first-order valence-electron chi connectivity index (χ1n) is 10.4. The number of ether oxygens (including phenoxy) is 2. The van der Waals surface area contributed by atoms with Gasteiger partial charge >= 0.3 is 12.1 Å². The van der Waals surface area contributed by atoms with Gasteiger partial charge in [0.2, 0.25) is 11.8 Å². The summed E-state index contributed by atoms with van der Waals surface area (Å²) in [6.07, 6.45) is -0.201. The molecular weight excluding hydrogens is 418 g/mol. The number of nitrogens with one attached hydrogen (secondary N) is 2. The summed E-state index contributed by atoms with van der Waals surface area (Å²) in [5.74, 6) is -1.64. The molecule has 0 saturated carbocycles. The van der Waals surface area contributed by atoms with Crippen molar-refractivity contribution in [1.82, 2.24) is 15.5 Å². The Morgan fingerprint density at radius 1 is 1.22 bits per heavy atom. The highest BCUT2D eigenvalue weighted by molar-refractivity contribution is 6.05. The number of hydrogen-bond donors (Lipinski definition) is 2. The number of amides is 4. The molecule has 1 fully saturated rings. The van der Waals surface area contributed by atoms with Crippen LogP contribution in [0.15, 0.2) is 18.2 Å². The van der Waals surface area contributed by atoms with Crippen molar-refractivity contribution in [1.29, 1.82) is 0 Å². The number of alkyl carbamates (subject to hydrolysis) is 1. The maximum Gasteiger partial charge on any atom is 0.407 e. The van der Waals surface area contributed by atoms with Crippen molar-refractivity contribution >= 4 is 29.8 Å². The Labute approximate surface area is 185 Å². The Hall–Kier alpha value is -3.43. The molecule has 1 atom stereocenters. The normalized spacial score (nSPS) is 18.2. The van der Waals surface area contributed by atoms with E-state index in [4.69, 9.17) is 9.47 Å². The van der Waals surface area contributed by atoms with E-state index in [0.29, 0.717) is 16.7 Å². The van der Waals surface area contributed by atoms with Gasteiger partial charge in [0.25, 0.3) is 5.91 Å². The highest BCUT2D eigenvalue weighted by atomic mass is 16.6. The molecule has 10 heteroatoms. The Bertz CT molecular complexity index is 951. The fraction of sp³-hybridized carbons (Fsp3) is 0.500. The molecule has 0 aromatic heterocycles. The number of carbonyl (C=O) groups is 5. The fourth-order valence-electron chi connectivity index (χ4n) is 3.65.